The van der Waals surface area contributed by atoms with Gasteiger partial charge in [-0.15, -0.1) is 0 Å². The van der Waals surface area contributed by atoms with Crippen molar-refractivity contribution in [1.82, 2.24) is 0 Å². The van der Waals surface area contributed by atoms with Gasteiger partial charge in [-0.2, -0.15) is 0 Å². The Balaban J connectivity index is 0.000000157. The van der Waals surface area contributed by atoms with Gasteiger partial charge in [0, 0.05) is 40.6 Å². The molecule has 1 aliphatic carbocycles. The van der Waals surface area contributed by atoms with Gasteiger partial charge >= 0.3 is 7.12 Å². The van der Waals surface area contributed by atoms with Crippen molar-refractivity contribution in [2.75, 3.05) is 0 Å². The van der Waals surface area contributed by atoms with Gasteiger partial charge in [-0.3, -0.25) is 0 Å². The topological polar surface area (TPSA) is 18.5 Å². The van der Waals surface area contributed by atoms with Gasteiger partial charge in [0.15, 0.2) is 0 Å². The van der Waals surface area contributed by atoms with Crippen LogP contribution >= 0.6 is 15.9 Å². The van der Waals surface area contributed by atoms with Crippen LogP contribution in [0.3, 0.4) is 0 Å². The number of allylic oxidation sites excluding steroid dienone is 5. The van der Waals surface area contributed by atoms with Gasteiger partial charge < -0.3 is 9.31 Å². The van der Waals surface area contributed by atoms with Gasteiger partial charge in [-0.1, -0.05) is 90.5 Å². The second kappa shape index (κ2) is 12.4. The Bertz CT molecular complexity index is 1160. The van der Waals surface area contributed by atoms with Crippen LogP contribution in [0.2, 0.25) is 0 Å². The molecule has 36 heavy (non-hydrogen) atoms. The lowest BCUT2D eigenvalue weighted by atomic mass is 9.79. The Morgan fingerprint density at radius 3 is 1.69 bits per heavy atom. The van der Waals surface area contributed by atoms with E-state index in [4.69, 9.17) is 9.31 Å². The summed E-state index contributed by atoms with van der Waals surface area (Å²) in [5.41, 5.74) is 5.49. The number of hydrogen-bond donors (Lipinski definition) is 0. The van der Waals surface area contributed by atoms with Crippen LogP contribution in [-0.4, -0.2) is 18.3 Å². The fraction of sp³-hybridized carbons (Fsp3) is 0.219. The summed E-state index contributed by atoms with van der Waals surface area (Å²) in [5, 5.41) is 0. The molecule has 0 saturated carbocycles. The first kappa shape index (κ1) is 27.8. The van der Waals surface area contributed by atoms with Crippen LogP contribution in [-0.2, 0) is 9.31 Å². The van der Waals surface area contributed by atoms with Crippen molar-refractivity contribution in [3.8, 4) is 11.1 Å². The highest BCUT2D eigenvalue weighted by molar-refractivity contribution is 9.11. The van der Waals surface area contributed by atoms with Gasteiger partial charge in [0.1, 0.15) is 0 Å². The summed E-state index contributed by atoms with van der Waals surface area (Å²) in [7, 11) is -0.240. The van der Waals surface area contributed by atoms with Crippen LogP contribution in [0.4, 0.5) is 0 Å². The summed E-state index contributed by atoms with van der Waals surface area (Å²) in [4.78, 5) is 0. The lowest BCUT2D eigenvalue weighted by Gasteiger charge is -2.32. The van der Waals surface area contributed by atoms with E-state index in [1.807, 2.05) is 61.0 Å². The zero-order valence-corrected chi connectivity index (χ0v) is 23.5. The molecule has 1 heterocycles. The molecular weight excluding hydrogens is 507 g/mol. The van der Waals surface area contributed by atoms with E-state index in [0.717, 1.165) is 15.5 Å². The van der Waals surface area contributed by atoms with Crippen molar-refractivity contribution in [3.63, 3.8) is 0 Å². The molecule has 5 rings (SSSR count). The summed E-state index contributed by atoms with van der Waals surface area (Å²) in [5.74, 6) is 0. The molecule has 1 aliphatic heterocycles. The van der Waals surface area contributed by atoms with Crippen LogP contribution in [0, 0.1) is 13.3 Å². The molecule has 184 valence electrons. The molecule has 0 aromatic heterocycles. The Kier molecular flexibility index (Phi) is 9.61. The summed E-state index contributed by atoms with van der Waals surface area (Å²) in [6.07, 6.45) is 7.87. The zero-order valence-electron chi connectivity index (χ0n) is 21.9. The molecule has 0 amide bonds. The molecule has 0 bridgehead atoms. The van der Waals surface area contributed by atoms with E-state index in [1.54, 1.807) is 0 Å². The van der Waals surface area contributed by atoms with Crippen molar-refractivity contribution < 1.29 is 9.31 Å². The van der Waals surface area contributed by atoms with E-state index < -0.39 is 0 Å². The highest BCUT2D eigenvalue weighted by Gasteiger charge is 2.51. The SMILES string of the molecule is C=C1C=CC(Br)=C[CH+]1.CC1(C)OB(c2ccccc2)OC1(C)C.Cc1ccc(-c2ccccc2)cc1. The van der Waals surface area contributed by atoms with Gasteiger partial charge in [0.25, 0.3) is 0 Å². The maximum Gasteiger partial charge on any atom is 0.494 e. The molecule has 0 atom stereocenters. The lowest BCUT2D eigenvalue weighted by molar-refractivity contribution is 0.00578. The van der Waals surface area contributed by atoms with Crippen LogP contribution < -0.4 is 5.46 Å². The average molecular weight is 542 g/mol. The van der Waals surface area contributed by atoms with E-state index in [9.17, 15) is 0 Å². The first-order valence-electron chi connectivity index (χ1n) is 12.2. The average Bonchev–Trinajstić information content (AvgIpc) is 3.10. The van der Waals surface area contributed by atoms with E-state index >= 15 is 0 Å². The van der Waals surface area contributed by atoms with Crippen LogP contribution in [0.5, 0.6) is 0 Å². The second-order valence-electron chi connectivity index (χ2n) is 9.86. The minimum Gasteiger partial charge on any atom is -0.399 e. The van der Waals surface area contributed by atoms with Gasteiger partial charge in [-0.05, 0) is 57.8 Å². The Morgan fingerprint density at radius 1 is 0.722 bits per heavy atom. The van der Waals surface area contributed by atoms with Crippen LogP contribution in [0.15, 0.2) is 120 Å². The standard InChI is InChI=1S/C13H12.C12H17BO2.C7H6Br/c1-11-7-9-13(10-8-11)12-5-3-2-4-6-12;1-11(2)12(3,4)15-13(14-11)10-8-6-5-7-9-10;1-6-2-4-7(8)5-3-6/h2-10H,1H3;5-9H,1-4H3;2-5H,1H2/q;;+1. The van der Waals surface area contributed by atoms with E-state index in [-0.39, 0.29) is 18.3 Å². The van der Waals surface area contributed by atoms with E-state index in [2.05, 4.69) is 106 Å². The van der Waals surface area contributed by atoms with Crippen molar-refractivity contribution in [1.29, 1.82) is 0 Å². The number of aryl methyl sites for hydroxylation is 1. The first-order chi connectivity index (χ1) is 17.1. The maximum absolute atomic E-state index is 5.93. The fourth-order valence-electron chi connectivity index (χ4n) is 3.45. The molecule has 1 fully saturated rings. The Labute approximate surface area is 226 Å². The van der Waals surface area contributed by atoms with E-state index in [0.29, 0.717) is 0 Å². The number of benzene rings is 3. The number of halogens is 1. The molecule has 0 unspecified atom stereocenters. The van der Waals surface area contributed by atoms with Crippen molar-refractivity contribution in [2.24, 2.45) is 0 Å². The minimum atomic E-state index is -0.256. The summed E-state index contributed by atoms with van der Waals surface area (Å²) in [6.45, 7) is 14.1. The molecule has 2 aliphatic rings. The third-order valence-corrected chi connectivity index (χ3v) is 6.93. The Morgan fingerprint density at radius 2 is 1.22 bits per heavy atom. The monoisotopic (exact) mass is 541 g/mol. The molecule has 3 aromatic carbocycles. The predicted octanol–water partition coefficient (Wildman–Crippen LogP) is 8.24. The fourth-order valence-corrected chi connectivity index (χ4v) is 3.71. The lowest BCUT2D eigenvalue weighted by Crippen LogP contribution is -2.41. The first-order valence-corrected chi connectivity index (χ1v) is 13.0. The minimum absolute atomic E-state index is 0.240. The Hall–Kier alpha value is -2.79. The van der Waals surface area contributed by atoms with Crippen LogP contribution in [0.1, 0.15) is 33.3 Å². The van der Waals surface area contributed by atoms with Crippen LogP contribution in [0.25, 0.3) is 11.1 Å². The molecule has 3 aromatic rings. The molecule has 1 saturated heterocycles. The maximum atomic E-state index is 5.93. The highest BCUT2D eigenvalue weighted by Crippen LogP contribution is 2.36. The second-order valence-corrected chi connectivity index (χ2v) is 10.8. The number of hydrogen-bond acceptors (Lipinski definition) is 2. The molecule has 0 radical (unpaired) electrons. The summed E-state index contributed by atoms with van der Waals surface area (Å²) < 4.78 is 13.0. The third kappa shape index (κ3) is 7.86. The molecule has 0 N–H and O–H groups in total. The largest absolute Gasteiger partial charge is 0.494 e. The van der Waals surface area contributed by atoms with Crippen molar-refractivity contribution in [3.05, 3.63) is 132 Å². The third-order valence-electron chi connectivity index (χ3n) is 6.40. The zero-order chi connectivity index (χ0) is 26.2. The van der Waals surface area contributed by atoms with Gasteiger partial charge in [-0.25, -0.2) is 0 Å². The van der Waals surface area contributed by atoms with Crippen molar-refractivity contribution in [2.45, 2.75) is 45.8 Å². The number of rotatable bonds is 2. The quantitative estimate of drug-likeness (QED) is 0.240. The smallest absolute Gasteiger partial charge is 0.399 e. The van der Waals surface area contributed by atoms with E-state index in [1.165, 1.54) is 16.7 Å². The molecule has 2 nitrogen and oxygen atoms in total. The molecular formula is C32H35BBrO2+. The van der Waals surface area contributed by atoms with Gasteiger partial charge in [0.05, 0.1) is 21.3 Å². The normalized spacial score (nSPS) is 17.1. The highest BCUT2D eigenvalue weighted by atomic mass is 79.9. The summed E-state index contributed by atoms with van der Waals surface area (Å²) in [6, 6.07) is 29.1. The van der Waals surface area contributed by atoms with Gasteiger partial charge in [0.2, 0.25) is 0 Å². The summed E-state index contributed by atoms with van der Waals surface area (Å²) >= 11 is 3.32. The predicted molar refractivity (Wildman–Crippen MR) is 158 cm³/mol. The van der Waals surface area contributed by atoms with Crippen molar-refractivity contribution >= 4 is 28.5 Å². The molecule has 4 heteroatoms. The molecule has 0 spiro atoms.